The fourth-order valence-corrected chi connectivity index (χ4v) is 2.85. The monoisotopic (exact) mass is 277 g/mol. The maximum absolute atomic E-state index is 12.3. The third-order valence-corrected chi connectivity index (χ3v) is 4.12. The van der Waals surface area contributed by atoms with Crippen LogP contribution in [0.4, 0.5) is 19.0 Å². The zero-order valence-electron chi connectivity index (χ0n) is 9.87. The Kier molecular flexibility index (Phi) is 3.99. The SMILES string of the molecule is CSC1CCC(Nc2ccc(C(F)(F)F)nn2)C1. The quantitative estimate of drug-likeness (QED) is 0.920. The molecule has 1 N–H and O–H groups in total. The summed E-state index contributed by atoms with van der Waals surface area (Å²) in [4.78, 5) is 0. The average Bonchev–Trinajstić information content (AvgIpc) is 2.76. The van der Waals surface area contributed by atoms with Gasteiger partial charge < -0.3 is 5.32 Å². The summed E-state index contributed by atoms with van der Waals surface area (Å²) in [6.45, 7) is 0. The van der Waals surface area contributed by atoms with E-state index in [0.29, 0.717) is 11.1 Å². The molecular formula is C11H14F3N3S. The van der Waals surface area contributed by atoms with Gasteiger partial charge in [-0.3, -0.25) is 0 Å². The first-order chi connectivity index (χ1) is 8.49. The van der Waals surface area contributed by atoms with Crippen LogP contribution in [-0.4, -0.2) is 27.7 Å². The Hall–Kier alpha value is -0.980. The standard InChI is InChI=1S/C11H14F3N3S/c1-18-8-3-2-7(6-8)15-10-5-4-9(16-17-10)11(12,13)14/h4-5,7-8H,2-3,6H2,1H3,(H,15,17). The fourth-order valence-electron chi connectivity index (χ4n) is 2.05. The molecule has 100 valence electrons. The van der Waals surface area contributed by atoms with Gasteiger partial charge in [-0.1, -0.05) is 0 Å². The molecule has 0 aliphatic heterocycles. The van der Waals surface area contributed by atoms with Gasteiger partial charge in [0.25, 0.3) is 0 Å². The summed E-state index contributed by atoms with van der Waals surface area (Å²) in [6.07, 6.45) is 0.818. The molecule has 0 bridgehead atoms. The zero-order valence-corrected chi connectivity index (χ0v) is 10.7. The molecule has 18 heavy (non-hydrogen) atoms. The molecule has 1 aromatic heterocycles. The van der Waals surface area contributed by atoms with Gasteiger partial charge in [0.05, 0.1) is 0 Å². The van der Waals surface area contributed by atoms with Gasteiger partial charge in [-0.15, -0.1) is 10.2 Å². The molecule has 1 fully saturated rings. The van der Waals surface area contributed by atoms with Crippen molar-refractivity contribution < 1.29 is 13.2 Å². The third kappa shape index (κ3) is 3.28. The van der Waals surface area contributed by atoms with Crippen molar-refractivity contribution in [3.8, 4) is 0 Å². The second kappa shape index (κ2) is 5.34. The number of halogens is 3. The van der Waals surface area contributed by atoms with Crippen molar-refractivity contribution in [1.82, 2.24) is 10.2 Å². The number of hydrogen-bond donors (Lipinski definition) is 1. The molecule has 0 saturated heterocycles. The Bertz CT molecular complexity index is 394. The predicted molar refractivity (Wildman–Crippen MR) is 65.6 cm³/mol. The van der Waals surface area contributed by atoms with Crippen LogP contribution in [0.1, 0.15) is 25.0 Å². The van der Waals surface area contributed by atoms with Crippen LogP contribution >= 0.6 is 11.8 Å². The lowest BCUT2D eigenvalue weighted by molar-refractivity contribution is -0.141. The topological polar surface area (TPSA) is 37.8 Å². The van der Waals surface area contributed by atoms with E-state index in [0.717, 1.165) is 25.3 Å². The highest BCUT2D eigenvalue weighted by Crippen LogP contribution is 2.30. The van der Waals surface area contributed by atoms with Crippen molar-refractivity contribution >= 4 is 17.6 Å². The number of nitrogens with zero attached hydrogens (tertiary/aromatic N) is 2. The summed E-state index contributed by atoms with van der Waals surface area (Å²) in [5, 5.41) is 10.5. The van der Waals surface area contributed by atoms with E-state index in [1.165, 1.54) is 6.07 Å². The van der Waals surface area contributed by atoms with Gasteiger partial charge in [0, 0.05) is 11.3 Å². The summed E-state index contributed by atoms with van der Waals surface area (Å²) in [5.74, 6) is 0.412. The van der Waals surface area contributed by atoms with E-state index >= 15 is 0 Å². The number of hydrogen-bond acceptors (Lipinski definition) is 4. The highest BCUT2D eigenvalue weighted by molar-refractivity contribution is 7.99. The first-order valence-electron chi connectivity index (χ1n) is 5.69. The van der Waals surface area contributed by atoms with Gasteiger partial charge in [0.15, 0.2) is 5.69 Å². The van der Waals surface area contributed by atoms with Gasteiger partial charge in [0.2, 0.25) is 0 Å². The number of thioether (sulfide) groups is 1. The van der Waals surface area contributed by atoms with E-state index in [4.69, 9.17) is 0 Å². The van der Waals surface area contributed by atoms with E-state index in [9.17, 15) is 13.2 Å². The maximum Gasteiger partial charge on any atom is 0.435 e. The van der Waals surface area contributed by atoms with Crippen molar-refractivity contribution in [2.24, 2.45) is 0 Å². The minimum absolute atomic E-state index is 0.286. The van der Waals surface area contributed by atoms with Crippen LogP contribution in [0.2, 0.25) is 0 Å². The van der Waals surface area contributed by atoms with Crippen LogP contribution in [0.25, 0.3) is 0 Å². The van der Waals surface area contributed by atoms with Crippen LogP contribution in [0.15, 0.2) is 12.1 Å². The predicted octanol–water partition coefficient (Wildman–Crippen LogP) is 3.19. The zero-order chi connectivity index (χ0) is 13.2. The van der Waals surface area contributed by atoms with Gasteiger partial charge in [-0.05, 0) is 37.7 Å². The van der Waals surface area contributed by atoms with Crippen molar-refractivity contribution in [2.75, 3.05) is 11.6 Å². The second-order valence-corrected chi connectivity index (χ2v) is 5.45. The van der Waals surface area contributed by atoms with Crippen LogP contribution in [-0.2, 0) is 6.18 Å². The van der Waals surface area contributed by atoms with Crippen molar-refractivity contribution in [3.05, 3.63) is 17.8 Å². The largest absolute Gasteiger partial charge is 0.435 e. The van der Waals surface area contributed by atoms with Crippen LogP contribution in [0, 0.1) is 0 Å². The average molecular weight is 277 g/mol. The minimum Gasteiger partial charge on any atom is -0.366 e. The van der Waals surface area contributed by atoms with Crippen LogP contribution in [0.5, 0.6) is 0 Å². The Morgan fingerprint density at radius 2 is 2.06 bits per heavy atom. The van der Waals surface area contributed by atoms with Crippen LogP contribution in [0.3, 0.4) is 0 Å². The molecule has 2 unspecified atom stereocenters. The molecule has 2 atom stereocenters. The Morgan fingerprint density at radius 3 is 2.56 bits per heavy atom. The lowest BCUT2D eigenvalue weighted by atomic mass is 10.2. The molecule has 0 radical (unpaired) electrons. The van der Waals surface area contributed by atoms with Crippen molar-refractivity contribution in [3.63, 3.8) is 0 Å². The van der Waals surface area contributed by atoms with Gasteiger partial charge in [0.1, 0.15) is 5.82 Å². The molecule has 0 amide bonds. The van der Waals surface area contributed by atoms with Gasteiger partial charge in [-0.25, -0.2) is 0 Å². The molecule has 3 nitrogen and oxygen atoms in total. The second-order valence-electron chi connectivity index (χ2n) is 4.31. The summed E-state index contributed by atoms with van der Waals surface area (Å²) in [6, 6.07) is 2.58. The van der Waals surface area contributed by atoms with Crippen LogP contribution < -0.4 is 5.32 Å². The lowest BCUT2D eigenvalue weighted by Gasteiger charge is -2.13. The minimum atomic E-state index is -4.43. The number of anilines is 1. The summed E-state index contributed by atoms with van der Waals surface area (Å²) in [7, 11) is 0. The smallest absolute Gasteiger partial charge is 0.366 e. The first-order valence-corrected chi connectivity index (χ1v) is 6.98. The summed E-state index contributed by atoms with van der Waals surface area (Å²) in [5.41, 5.74) is -0.957. The third-order valence-electron chi connectivity index (χ3n) is 3.02. The molecule has 1 aliphatic rings. The normalized spacial score (nSPS) is 24.2. The van der Waals surface area contributed by atoms with E-state index in [-0.39, 0.29) is 6.04 Å². The Morgan fingerprint density at radius 1 is 1.28 bits per heavy atom. The molecule has 1 saturated carbocycles. The molecule has 0 aromatic carbocycles. The van der Waals surface area contributed by atoms with E-state index in [1.807, 2.05) is 11.8 Å². The van der Waals surface area contributed by atoms with E-state index < -0.39 is 11.9 Å². The highest BCUT2D eigenvalue weighted by Gasteiger charge is 2.33. The molecule has 1 heterocycles. The molecule has 1 aromatic rings. The van der Waals surface area contributed by atoms with Gasteiger partial charge in [-0.2, -0.15) is 24.9 Å². The number of aromatic nitrogens is 2. The van der Waals surface area contributed by atoms with E-state index in [2.05, 4.69) is 21.8 Å². The summed E-state index contributed by atoms with van der Waals surface area (Å²) < 4.78 is 36.9. The fraction of sp³-hybridized carbons (Fsp3) is 0.636. The highest BCUT2D eigenvalue weighted by atomic mass is 32.2. The van der Waals surface area contributed by atoms with E-state index in [1.54, 1.807) is 0 Å². The molecular weight excluding hydrogens is 263 g/mol. The lowest BCUT2D eigenvalue weighted by Crippen LogP contribution is -2.18. The molecule has 0 spiro atoms. The molecule has 7 heteroatoms. The van der Waals surface area contributed by atoms with Gasteiger partial charge >= 0.3 is 6.18 Å². The molecule has 1 aliphatic carbocycles. The maximum atomic E-state index is 12.3. The first kappa shape index (κ1) is 13.5. The number of alkyl halides is 3. The number of rotatable bonds is 3. The molecule has 2 rings (SSSR count). The Labute approximate surface area is 108 Å². The number of nitrogens with one attached hydrogen (secondary N) is 1. The van der Waals surface area contributed by atoms with Crippen molar-refractivity contribution in [1.29, 1.82) is 0 Å². The summed E-state index contributed by atoms with van der Waals surface area (Å²) >= 11 is 1.83. The Balaban J connectivity index is 1.95. The van der Waals surface area contributed by atoms with Crippen molar-refractivity contribution in [2.45, 2.75) is 36.7 Å².